The predicted octanol–water partition coefficient (Wildman–Crippen LogP) is 3.41. The number of amides is 2. The molecule has 2 amide bonds. The van der Waals surface area contributed by atoms with Gasteiger partial charge in [0.2, 0.25) is 5.91 Å². The molecule has 1 N–H and O–H groups in total. The SMILES string of the molecule is CC(=O)N1CCN(c2ccc(C(=O)N[C@H](C)c3ccccc3Cl)cc2[N+](=O)[O-])CC1. The van der Waals surface area contributed by atoms with Gasteiger partial charge in [-0.15, -0.1) is 0 Å². The van der Waals surface area contributed by atoms with Crippen molar-refractivity contribution in [2.24, 2.45) is 0 Å². The Bertz CT molecular complexity index is 973. The summed E-state index contributed by atoms with van der Waals surface area (Å²) in [5.41, 5.74) is 1.27. The van der Waals surface area contributed by atoms with Gasteiger partial charge in [-0.25, -0.2) is 0 Å². The first kappa shape index (κ1) is 21.6. The number of carbonyl (C=O) groups excluding carboxylic acids is 2. The second-order valence-electron chi connectivity index (χ2n) is 7.17. The van der Waals surface area contributed by atoms with Gasteiger partial charge in [0.25, 0.3) is 11.6 Å². The van der Waals surface area contributed by atoms with Crippen molar-refractivity contribution in [2.75, 3.05) is 31.1 Å². The van der Waals surface area contributed by atoms with E-state index in [1.165, 1.54) is 13.0 Å². The standard InChI is InChI=1S/C21H23ClN4O4/c1-14(17-5-3-4-6-18(17)22)23-21(28)16-7-8-19(20(13-16)26(29)30)25-11-9-24(10-12-25)15(2)27/h3-8,13-14H,9-12H2,1-2H3,(H,23,28)/t14-/m1/s1. The highest BCUT2D eigenvalue weighted by Crippen LogP contribution is 2.30. The Balaban J connectivity index is 1.78. The number of anilines is 1. The second-order valence-corrected chi connectivity index (χ2v) is 7.58. The molecular weight excluding hydrogens is 408 g/mol. The highest BCUT2D eigenvalue weighted by Gasteiger charge is 2.26. The van der Waals surface area contributed by atoms with E-state index < -0.39 is 10.8 Å². The highest BCUT2D eigenvalue weighted by molar-refractivity contribution is 6.31. The molecule has 1 heterocycles. The zero-order valence-corrected chi connectivity index (χ0v) is 17.6. The van der Waals surface area contributed by atoms with Gasteiger partial charge in [0.1, 0.15) is 5.69 Å². The molecule has 1 saturated heterocycles. The van der Waals surface area contributed by atoms with Crippen molar-refractivity contribution in [3.05, 3.63) is 68.7 Å². The summed E-state index contributed by atoms with van der Waals surface area (Å²) in [6, 6.07) is 11.3. The first-order valence-corrected chi connectivity index (χ1v) is 10.00. The summed E-state index contributed by atoms with van der Waals surface area (Å²) in [5, 5.41) is 15.0. The molecule has 2 aromatic rings. The van der Waals surface area contributed by atoms with Crippen molar-refractivity contribution in [2.45, 2.75) is 19.9 Å². The van der Waals surface area contributed by atoms with E-state index >= 15 is 0 Å². The van der Waals surface area contributed by atoms with Gasteiger partial charge in [-0.1, -0.05) is 29.8 Å². The molecule has 0 radical (unpaired) electrons. The van der Waals surface area contributed by atoms with Crippen LogP contribution in [0.1, 0.15) is 35.8 Å². The zero-order valence-electron chi connectivity index (χ0n) is 16.8. The molecule has 0 aliphatic carbocycles. The summed E-state index contributed by atoms with van der Waals surface area (Å²) in [7, 11) is 0. The average molecular weight is 431 g/mol. The Labute approximate surface area is 179 Å². The molecule has 30 heavy (non-hydrogen) atoms. The van der Waals surface area contributed by atoms with E-state index in [0.717, 1.165) is 5.56 Å². The zero-order chi connectivity index (χ0) is 21.8. The number of nitro benzene ring substituents is 1. The van der Waals surface area contributed by atoms with Gasteiger partial charge in [0, 0.05) is 49.8 Å². The number of hydrogen-bond donors (Lipinski definition) is 1. The summed E-state index contributed by atoms with van der Waals surface area (Å²) in [4.78, 5) is 38.9. The fourth-order valence-corrected chi connectivity index (χ4v) is 3.82. The van der Waals surface area contributed by atoms with E-state index in [9.17, 15) is 19.7 Å². The summed E-state index contributed by atoms with van der Waals surface area (Å²) in [6.45, 7) is 5.31. The lowest BCUT2D eigenvalue weighted by Crippen LogP contribution is -2.48. The minimum atomic E-state index is -0.485. The Morgan fingerprint density at radius 3 is 2.40 bits per heavy atom. The minimum Gasteiger partial charge on any atom is -0.362 e. The van der Waals surface area contributed by atoms with Crippen LogP contribution in [0, 0.1) is 10.1 Å². The van der Waals surface area contributed by atoms with Crippen molar-refractivity contribution < 1.29 is 14.5 Å². The largest absolute Gasteiger partial charge is 0.362 e. The molecule has 158 valence electrons. The molecule has 8 nitrogen and oxygen atoms in total. The van der Waals surface area contributed by atoms with Gasteiger partial charge >= 0.3 is 0 Å². The van der Waals surface area contributed by atoms with Gasteiger partial charge in [-0.2, -0.15) is 0 Å². The highest BCUT2D eigenvalue weighted by atomic mass is 35.5. The van der Waals surface area contributed by atoms with Crippen LogP contribution in [0.5, 0.6) is 0 Å². The normalized spacial score (nSPS) is 14.9. The van der Waals surface area contributed by atoms with Crippen LogP contribution in [0.3, 0.4) is 0 Å². The van der Waals surface area contributed by atoms with Crippen molar-refractivity contribution >= 4 is 34.8 Å². The van der Waals surface area contributed by atoms with E-state index in [2.05, 4.69) is 5.32 Å². The van der Waals surface area contributed by atoms with Crippen LogP contribution in [0.2, 0.25) is 5.02 Å². The Morgan fingerprint density at radius 2 is 1.80 bits per heavy atom. The molecule has 1 aliphatic rings. The van der Waals surface area contributed by atoms with Crippen LogP contribution >= 0.6 is 11.6 Å². The van der Waals surface area contributed by atoms with Crippen LogP contribution in [0.15, 0.2) is 42.5 Å². The topological polar surface area (TPSA) is 95.8 Å². The molecule has 2 aromatic carbocycles. The molecule has 0 spiro atoms. The van der Waals surface area contributed by atoms with Crippen molar-refractivity contribution in [1.29, 1.82) is 0 Å². The predicted molar refractivity (Wildman–Crippen MR) is 115 cm³/mol. The minimum absolute atomic E-state index is 0.0104. The third-order valence-corrected chi connectivity index (χ3v) is 5.56. The average Bonchev–Trinajstić information content (AvgIpc) is 2.73. The molecule has 0 aromatic heterocycles. The molecule has 3 rings (SSSR count). The lowest BCUT2D eigenvalue weighted by Gasteiger charge is -2.35. The van der Waals surface area contributed by atoms with Crippen LogP contribution in [-0.2, 0) is 4.79 Å². The van der Waals surface area contributed by atoms with Crippen molar-refractivity contribution in [1.82, 2.24) is 10.2 Å². The maximum absolute atomic E-state index is 12.7. The van der Waals surface area contributed by atoms with E-state index in [-0.39, 0.29) is 23.2 Å². The van der Waals surface area contributed by atoms with Crippen molar-refractivity contribution in [3.63, 3.8) is 0 Å². The molecule has 0 bridgehead atoms. The molecule has 0 unspecified atom stereocenters. The van der Waals surface area contributed by atoms with E-state index in [1.807, 2.05) is 17.0 Å². The van der Waals surface area contributed by atoms with Crippen LogP contribution < -0.4 is 10.2 Å². The smallest absolute Gasteiger partial charge is 0.293 e. The quantitative estimate of drug-likeness (QED) is 0.579. The number of rotatable bonds is 5. The molecule has 1 aliphatic heterocycles. The van der Waals surface area contributed by atoms with E-state index in [0.29, 0.717) is 36.9 Å². The third-order valence-electron chi connectivity index (χ3n) is 5.22. The lowest BCUT2D eigenvalue weighted by molar-refractivity contribution is -0.384. The van der Waals surface area contributed by atoms with Gasteiger partial charge < -0.3 is 15.1 Å². The fraction of sp³-hybridized carbons (Fsp3) is 0.333. The molecular formula is C21H23ClN4O4. The Morgan fingerprint density at radius 1 is 1.13 bits per heavy atom. The van der Waals surface area contributed by atoms with Crippen LogP contribution in [0.4, 0.5) is 11.4 Å². The van der Waals surface area contributed by atoms with Gasteiger partial charge in [-0.05, 0) is 30.7 Å². The number of halogens is 1. The van der Waals surface area contributed by atoms with Crippen LogP contribution in [-0.4, -0.2) is 47.8 Å². The molecule has 9 heteroatoms. The van der Waals surface area contributed by atoms with E-state index in [1.54, 1.807) is 36.1 Å². The summed E-state index contributed by atoms with van der Waals surface area (Å²) in [5.74, 6) is -0.428. The Kier molecular flexibility index (Phi) is 6.56. The maximum Gasteiger partial charge on any atom is 0.293 e. The first-order valence-electron chi connectivity index (χ1n) is 9.62. The second kappa shape index (κ2) is 9.13. The monoisotopic (exact) mass is 430 g/mol. The van der Waals surface area contributed by atoms with E-state index in [4.69, 9.17) is 11.6 Å². The number of nitro groups is 1. The number of piperazine rings is 1. The summed E-state index contributed by atoms with van der Waals surface area (Å²) < 4.78 is 0. The van der Waals surface area contributed by atoms with Crippen molar-refractivity contribution in [3.8, 4) is 0 Å². The van der Waals surface area contributed by atoms with Crippen LogP contribution in [0.25, 0.3) is 0 Å². The molecule has 1 fully saturated rings. The number of benzene rings is 2. The molecule has 1 atom stereocenters. The van der Waals surface area contributed by atoms with Gasteiger partial charge in [0.05, 0.1) is 11.0 Å². The summed E-state index contributed by atoms with van der Waals surface area (Å²) >= 11 is 6.18. The lowest BCUT2D eigenvalue weighted by atomic mass is 10.1. The van der Waals surface area contributed by atoms with Gasteiger partial charge in [0.15, 0.2) is 0 Å². The number of nitrogens with zero attached hydrogens (tertiary/aromatic N) is 3. The Hall–Kier alpha value is -3.13. The molecule has 0 saturated carbocycles. The number of carbonyl (C=O) groups is 2. The number of hydrogen-bond acceptors (Lipinski definition) is 5. The maximum atomic E-state index is 12.7. The first-order chi connectivity index (χ1) is 14.3. The third kappa shape index (κ3) is 4.71. The fourth-order valence-electron chi connectivity index (χ4n) is 3.52. The van der Waals surface area contributed by atoms with Gasteiger partial charge in [-0.3, -0.25) is 19.7 Å². The number of nitrogens with one attached hydrogen (secondary N) is 1. The summed E-state index contributed by atoms with van der Waals surface area (Å²) in [6.07, 6.45) is 0.